The molecule has 9 nitrogen and oxygen atoms in total. The second-order valence-corrected chi connectivity index (χ2v) is 3.53. The Morgan fingerprint density at radius 2 is 1.59 bits per heavy atom. The molecule has 0 atom stereocenters. The van der Waals surface area contributed by atoms with E-state index in [1.54, 1.807) is 7.11 Å². The quantitative estimate of drug-likeness (QED) is 0.465. The third-order valence-electron chi connectivity index (χ3n) is 1.26. The van der Waals surface area contributed by atoms with Gasteiger partial charge in [0.15, 0.2) is 0 Å². The molecule has 0 aromatic heterocycles. The lowest BCUT2D eigenvalue weighted by Gasteiger charge is -1.93. The topological polar surface area (TPSA) is 141 Å². The molecule has 0 aliphatic heterocycles. The molecule has 0 radical (unpaired) electrons. The molecule has 0 aliphatic carbocycles. The van der Waals surface area contributed by atoms with Crippen LogP contribution in [-0.2, 0) is 10.2 Å². The summed E-state index contributed by atoms with van der Waals surface area (Å²) in [6.07, 6.45) is 0. The van der Waals surface area contributed by atoms with Gasteiger partial charge in [0.05, 0.1) is 7.11 Å². The largest absolute Gasteiger partial charge is 0.497 e. The number of ether oxygens (including phenoxy) is 1. The molecule has 0 fully saturated rings. The first kappa shape index (κ1) is 14.6. The van der Waals surface area contributed by atoms with Crippen LogP contribution < -0.4 is 4.74 Å². The van der Waals surface area contributed by atoms with Crippen molar-refractivity contribution in [2.45, 2.75) is 0 Å². The predicted octanol–water partition coefficient (Wildman–Crippen LogP) is 2.55. The van der Waals surface area contributed by atoms with Crippen LogP contribution in [0.1, 0.15) is 0 Å². The smallest absolute Gasteiger partial charge is 0.321 e. The van der Waals surface area contributed by atoms with Crippen molar-refractivity contribution in [1.82, 2.24) is 0 Å². The van der Waals surface area contributed by atoms with Crippen molar-refractivity contribution in [2.75, 3.05) is 7.11 Å². The fourth-order valence-corrected chi connectivity index (χ4v) is 0.882. The Morgan fingerprint density at radius 3 is 1.88 bits per heavy atom. The van der Waals surface area contributed by atoms with Gasteiger partial charge in [-0.3, -0.25) is 0 Å². The van der Waals surface area contributed by atoms with Gasteiger partial charge in [-0.25, -0.2) is 8.42 Å². The van der Waals surface area contributed by atoms with Crippen LogP contribution in [-0.4, -0.2) is 15.5 Å². The van der Waals surface area contributed by atoms with Crippen molar-refractivity contribution in [2.24, 2.45) is 9.04 Å². The molecule has 0 bridgehead atoms. The second-order valence-electron chi connectivity index (χ2n) is 2.31. The lowest BCUT2D eigenvalue weighted by molar-refractivity contribution is 0.415. The van der Waals surface area contributed by atoms with Gasteiger partial charge in [0, 0.05) is 18.9 Å². The minimum Gasteiger partial charge on any atom is -0.497 e. The van der Waals surface area contributed by atoms with E-state index in [2.05, 4.69) is 9.04 Å². The first-order chi connectivity index (χ1) is 8.05. The second kappa shape index (κ2) is 7.83. The predicted molar refractivity (Wildman–Crippen MR) is 60.2 cm³/mol. The highest BCUT2D eigenvalue weighted by Gasteiger charge is 1.99. The molecule has 1 rings (SSSR count). The first-order valence-electron chi connectivity index (χ1n) is 4.02. The lowest BCUT2D eigenvalue weighted by Crippen LogP contribution is -1.82. The molecule has 0 saturated carbocycles. The van der Waals surface area contributed by atoms with Crippen molar-refractivity contribution in [3.63, 3.8) is 0 Å². The zero-order chi connectivity index (χ0) is 13.1. The monoisotopic (exact) mass is 256 g/mol. The highest BCUT2D eigenvalue weighted by molar-refractivity contribution is 7.88. The fourth-order valence-electron chi connectivity index (χ4n) is 0.665. The van der Waals surface area contributed by atoms with Crippen LogP contribution in [0.4, 0.5) is 0 Å². The van der Waals surface area contributed by atoms with Crippen LogP contribution in [0.5, 0.6) is 5.75 Å². The molecule has 90 valence electrons. The third kappa shape index (κ3) is 7.51. The Hall–Kier alpha value is -2.41. The van der Waals surface area contributed by atoms with E-state index in [0.717, 1.165) is 5.75 Å². The first-order valence-corrected chi connectivity index (χ1v) is 5.42. The maximum atomic E-state index is 9.99. The Morgan fingerprint density at radius 1 is 1.12 bits per heavy atom. The summed E-state index contributed by atoms with van der Waals surface area (Å²) in [5.74, 6) is 0.910. The molecular weight excluding hydrogens is 248 g/mol. The molecule has 0 amide bonds. The molecule has 0 saturated heterocycles. The molecule has 0 spiro atoms. The minimum atomic E-state index is -4.27. The maximum absolute atomic E-state index is 9.99. The van der Waals surface area contributed by atoms with Gasteiger partial charge in [0.25, 0.3) is 0 Å². The van der Waals surface area contributed by atoms with E-state index in [9.17, 15) is 8.42 Å². The van der Waals surface area contributed by atoms with E-state index < -0.39 is 10.2 Å². The summed E-state index contributed by atoms with van der Waals surface area (Å²) in [5.41, 5.74) is 15.0. The Labute approximate surface area is 97.1 Å². The zero-order valence-corrected chi connectivity index (χ0v) is 9.52. The maximum Gasteiger partial charge on any atom is 0.321 e. The highest BCUT2D eigenvalue weighted by Crippen LogP contribution is 2.05. The van der Waals surface area contributed by atoms with Gasteiger partial charge in [-0.2, -0.15) is 0 Å². The summed E-state index contributed by atoms with van der Waals surface area (Å²) in [7, 11) is -2.60. The van der Waals surface area contributed by atoms with Gasteiger partial charge in [-0.15, -0.1) is 0 Å². The minimum absolute atomic E-state index is 0.910. The van der Waals surface area contributed by atoms with Gasteiger partial charge >= 0.3 is 10.2 Å². The van der Waals surface area contributed by atoms with Crippen LogP contribution >= 0.6 is 0 Å². The molecule has 10 heteroatoms. The van der Waals surface area contributed by atoms with Crippen molar-refractivity contribution < 1.29 is 13.2 Å². The summed E-state index contributed by atoms with van der Waals surface area (Å²) in [6.45, 7) is 0. The molecule has 0 unspecified atom stereocenters. The number of methoxy groups -OCH3 is 1. The lowest BCUT2D eigenvalue weighted by atomic mass is 10.3. The molecule has 0 heterocycles. The summed E-state index contributed by atoms with van der Waals surface area (Å²) >= 11 is 0. The fraction of sp³-hybridized carbons (Fsp3) is 0.143. The summed E-state index contributed by atoms with van der Waals surface area (Å²) < 4.78 is 29.3. The number of benzene rings is 1. The summed E-state index contributed by atoms with van der Waals surface area (Å²) in [5, 5.41) is 0. The molecule has 17 heavy (non-hydrogen) atoms. The van der Waals surface area contributed by atoms with Gasteiger partial charge in [0.1, 0.15) is 5.75 Å². The molecule has 1 aromatic carbocycles. The summed E-state index contributed by atoms with van der Waals surface area (Å²) in [6, 6.07) is 9.68. The zero-order valence-electron chi connectivity index (χ0n) is 8.70. The van der Waals surface area contributed by atoms with Gasteiger partial charge in [0.2, 0.25) is 0 Å². The van der Waals surface area contributed by atoms with E-state index >= 15 is 0 Å². The number of hydrogen-bond donors (Lipinski definition) is 0. The Kier molecular flexibility index (Phi) is 6.72. The number of nitrogens with zero attached hydrogens (tertiary/aromatic N) is 6. The van der Waals surface area contributed by atoms with E-state index in [4.69, 9.17) is 15.8 Å². The Balaban J connectivity index is 0.000000302. The summed E-state index contributed by atoms with van der Waals surface area (Å²) in [4.78, 5) is 3.80. The molecular formula is C7H8N6O3S. The van der Waals surface area contributed by atoms with Crippen LogP contribution in [0, 0.1) is 0 Å². The van der Waals surface area contributed by atoms with Crippen LogP contribution in [0.2, 0.25) is 0 Å². The van der Waals surface area contributed by atoms with Gasteiger partial charge < -0.3 is 4.74 Å². The van der Waals surface area contributed by atoms with Crippen LogP contribution in [0.3, 0.4) is 0 Å². The third-order valence-corrected chi connectivity index (χ3v) is 1.82. The van der Waals surface area contributed by atoms with E-state index in [1.165, 1.54) is 0 Å². The van der Waals surface area contributed by atoms with E-state index in [1.807, 2.05) is 40.2 Å². The number of para-hydroxylation sites is 1. The highest BCUT2D eigenvalue weighted by atomic mass is 32.2. The number of rotatable bonds is 3. The van der Waals surface area contributed by atoms with Crippen molar-refractivity contribution in [3.05, 3.63) is 51.2 Å². The Bertz CT molecular complexity index is 506. The number of hydrogen-bond acceptors (Lipinski definition) is 3. The molecule has 0 aliphatic rings. The standard InChI is InChI=1S/C7H8O.N6O2S/c1-8-7-5-3-2-4-6-7;1-3-5-9(7,8)6-4-2/h2-6H,1H3;. The normalized spacial score (nSPS) is 8.76. The van der Waals surface area contributed by atoms with Gasteiger partial charge in [-0.1, -0.05) is 18.2 Å². The molecule has 1 aromatic rings. The van der Waals surface area contributed by atoms with E-state index in [-0.39, 0.29) is 0 Å². The van der Waals surface area contributed by atoms with Crippen molar-refractivity contribution >= 4 is 10.2 Å². The van der Waals surface area contributed by atoms with E-state index in [0.29, 0.717) is 0 Å². The number of azide groups is 1. The van der Waals surface area contributed by atoms with Gasteiger partial charge in [-0.05, 0) is 23.2 Å². The average Bonchev–Trinajstić information content (AvgIpc) is 2.31. The average molecular weight is 256 g/mol. The van der Waals surface area contributed by atoms with Crippen LogP contribution in [0.15, 0.2) is 39.4 Å². The SMILES string of the molecule is COc1ccccc1.[N-]=[N+]=NS(=O)(=O)N=[N+]=[N-]. The van der Waals surface area contributed by atoms with Crippen LogP contribution in [0.25, 0.3) is 20.9 Å². The van der Waals surface area contributed by atoms with Crippen molar-refractivity contribution in [3.8, 4) is 5.75 Å². The van der Waals surface area contributed by atoms with Crippen molar-refractivity contribution in [1.29, 1.82) is 0 Å². The molecule has 0 N–H and O–H groups in total.